The summed E-state index contributed by atoms with van der Waals surface area (Å²) in [5.74, 6) is 7.99. The lowest BCUT2D eigenvalue weighted by Gasteiger charge is -2.17. The Morgan fingerprint density at radius 1 is 1.44 bits per heavy atom. The Morgan fingerprint density at radius 2 is 2.31 bits per heavy atom. The van der Waals surface area contributed by atoms with E-state index < -0.39 is 0 Å². The van der Waals surface area contributed by atoms with E-state index in [1.807, 2.05) is 6.92 Å². The Balaban J connectivity index is 1.67. The quantitative estimate of drug-likeness (QED) is 0.436. The molecule has 0 aromatic heterocycles. The molecule has 0 saturated heterocycles. The van der Waals surface area contributed by atoms with Crippen LogP contribution in [0.2, 0.25) is 0 Å². The van der Waals surface area contributed by atoms with Crippen molar-refractivity contribution >= 4 is 5.91 Å². The highest BCUT2D eigenvalue weighted by Gasteiger charge is 2.36. The van der Waals surface area contributed by atoms with Crippen LogP contribution in [0.15, 0.2) is 12.2 Å². The van der Waals surface area contributed by atoms with Gasteiger partial charge in [-0.25, -0.2) is 0 Å². The second-order valence-electron chi connectivity index (χ2n) is 4.77. The zero-order chi connectivity index (χ0) is 11.4. The van der Waals surface area contributed by atoms with Gasteiger partial charge in [-0.3, -0.25) is 4.79 Å². The molecule has 16 heavy (non-hydrogen) atoms. The molecule has 2 nitrogen and oxygen atoms in total. The third-order valence-electron chi connectivity index (χ3n) is 3.61. The molecule has 1 fully saturated rings. The van der Waals surface area contributed by atoms with Gasteiger partial charge in [0.25, 0.3) is 0 Å². The molecule has 2 aliphatic rings. The molecular formula is C14H19NO. The zero-order valence-electron chi connectivity index (χ0n) is 9.83. The van der Waals surface area contributed by atoms with Crippen LogP contribution in [-0.4, -0.2) is 12.5 Å². The van der Waals surface area contributed by atoms with E-state index in [2.05, 4.69) is 29.3 Å². The van der Waals surface area contributed by atoms with E-state index in [0.717, 1.165) is 12.3 Å². The minimum absolute atomic E-state index is 0.198. The highest BCUT2D eigenvalue weighted by atomic mass is 16.1. The maximum absolute atomic E-state index is 11.7. The SMILES string of the molecule is CC#CCCNC(=O)CC1CC2C=CC1C2. The Bertz CT molecular complexity index is 347. The van der Waals surface area contributed by atoms with Crippen LogP contribution in [0.5, 0.6) is 0 Å². The van der Waals surface area contributed by atoms with Crippen LogP contribution in [-0.2, 0) is 4.79 Å². The van der Waals surface area contributed by atoms with E-state index in [1.165, 1.54) is 12.8 Å². The van der Waals surface area contributed by atoms with Gasteiger partial charge in [-0.05, 0) is 37.5 Å². The first kappa shape index (κ1) is 11.3. The number of hydrogen-bond donors (Lipinski definition) is 1. The van der Waals surface area contributed by atoms with Gasteiger partial charge in [0.2, 0.25) is 5.91 Å². The van der Waals surface area contributed by atoms with Gasteiger partial charge in [-0.15, -0.1) is 11.8 Å². The number of rotatable bonds is 4. The van der Waals surface area contributed by atoms with Crippen molar-refractivity contribution in [3.63, 3.8) is 0 Å². The average molecular weight is 217 g/mol. The van der Waals surface area contributed by atoms with E-state index in [-0.39, 0.29) is 5.91 Å². The summed E-state index contributed by atoms with van der Waals surface area (Å²) in [7, 11) is 0. The Morgan fingerprint density at radius 3 is 2.94 bits per heavy atom. The van der Waals surface area contributed by atoms with Crippen LogP contribution in [0.4, 0.5) is 0 Å². The number of hydrogen-bond acceptors (Lipinski definition) is 1. The molecule has 0 aliphatic heterocycles. The summed E-state index contributed by atoms with van der Waals surface area (Å²) in [6.45, 7) is 2.51. The first-order valence-electron chi connectivity index (χ1n) is 6.14. The van der Waals surface area contributed by atoms with Crippen LogP contribution in [0.3, 0.4) is 0 Å². The van der Waals surface area contributed by atoms with Gasteiger partial charge in [0, 0.05) is 19.4 Å². The Labute approximate surface area is 97.5 Å². The monoisotopic (exact) mass is 217 g/mol. The minimum atomic E-state index is 0.198. The molecule has 0 spiro atoms. The number of fused-ring (bicyclic) bond motifs is 2. The summed E-state index contributed by atoms with van der Waals surface area (Å²) < 4.78 is 0. The predicted octanol–water partition coefficient (Wildman–Crippen LogP) is 2.12. The fraction of sp³-hybridized carbons (Fsp3) is 0.643. The normalized spacial score (nSPS) is 29.9. The molecule has 0 aromatic rings. The maximum atomic E-state index is 11.7. The summed E-state index contributed by atoms with van der Waals surface area (Å²) in [5, 5.41) is 2.94. The van der Waals surface area contributed by atoms with E-state index in [9.17, 15) is 4.79 Å². The van der Waals surface area contributed by atoms with Crippen LogP contribution in [0.1, 0.15) is 32.6 Å². The molecular weight excluding hydrogens is 198 g/mol. The van der Waals surface area contributed by atoms with Crippen LogP contribution < -0.4 is 5.32 Å². The number of amides is 1. The van der Waals surface area contributed by atoms with Crippen molar-refractivity contribution in [1.82, 2.24) is 5.32 Å². The second-order valence-corrected chi connectivity index (χ2v) is 4.77. The molecule has 86 valence electrons. The molecule has 0 aromatic carbocycles. The minimum Gasteiger partial charge on any atom is -0.355 e. The fourth-order valence-electron chi connectivity index (χ4n) is 2.83. The van der Waals surface area contributed by atoms with Crippen molar-refractivity contribution in [2.45, 2.75) is 32.6 Å². The van der Waals surface area contributed by atoms with E-state index >= 15 is 0 Å². The van der Waals surface area contributed by atoms with Crippen molar-refractivity contribution in [2.75, 3.05) is 6.54 Å². The summed E-state index contributed by atoms with van der Waals surface area (Å²) >= 11 is 0. The fourth-order valence-corrected chi connectivity index (χ4v) is 2.83. The number of carbonyl (C=O) groups excluding carboxylic acids is 1. The van der Waals surface area contributed by atoms with Crippen LogP contribution in [0, 0.1) is 29.6 Å². The molecule has 2 heteroatoms. The van der Waals surface area contributed by atoms with Crippen LogP contribution in [0.25, 0.3) is 0 Å². The largest absolute Gasteiger partial charge is 0.355 e. The summed E-state index contributed by atoms with van der Waals surface area (Å²) in [6, 6.07) is 0. The molecule has 2 rings (SSSR count). The number of nitrogens with one attached hydrogen (secondary N) is 1. The van der Waals surface area contributed by atoms with E-state index in [0.29, 0.717) is 24.8 Å². The van der Waals surface area contributed by atoms with Gasteiger partial charge < -0.3 is 5.32 Å². The van der Waals surface area contributed by atoms with Crippen LogP contribution >= 0.6 is 0 Å². The Hall–Kier alpha value is -1.23. The van der Waals surface area contributed by atoms with Crippen molar-refractivity contribution in [1.29, 1.82) is 0 Å². The second kappa shape index (κ2) is 5.21. The predicted molar refractivity (Wildman–Crippen MR) is 64.5 cm³/mol. The lowest BCUT2D eigenvalue weighted by molar-refractivity contribution is -0.122. The van der Waals surface area contributed by atoms with Gasteiger partial charge in [-0.2, -0.15) is 0 Å². The highest BCUT2D eigenvalue weighted by molar-refractivity contribution is 5.76. The zero-order valence-corrected chi connectivity index (χ0v) is 9.83. The summed E-state index contributed by atoms with van der Waals surface area (Å²) in [4.78, 5) is 11.7. The molecule has 1 N–H and O–H groups in total. The average Bonchev–Trinajstić information content (AvgIpc) is 2.86. The standard InChI is InChI=1S/C14H19NO/c1-2-3-4-7-15-14(16)10-13-9-11-5-6-12(13)8-11/h5-6,11-13H,4,7-10H2,1H3,(H,15,16). The smallest absolute Gasteiger partial charge is 0.220 e. The topological polar surface area (TPSA) is 29.1 Å². The molecule has 2 bridgehead atoms. The lowest BCUT2D eigenvalue weighted by Crippen LogP contribution is -2.27. The van der Waals surface area contributed by atoms with Gasteiger partial charge in [0.1, 0.15) is 0 Å². The van der Waals surface area contributed by atoms with Crippen molar-refractivity contribution in [3.05, 3.63) is 12.2 Å². The third kappa shape index (κ3) is 2.66. The molecule has 1 amide bonds. The number of allylic oxidation sites excluding steroid dienone is 2. The van der Waals surface area contributed by atoms with Crippen molar-refractivity contribution in [2.24, 2.45) is 17.8 Å². The Kier molecular flexibility index (Phi) is 3.66. The molecule has 3 unspecified atom stereocenters. The maximum Gasteiger partial charge on any atom is 0.220 e. The molecule has 3 atom stereocenters. The summed E-state index contributed by atoms with van der Waals surface area (Å²) in [5.41, 5.74) is 0. The molecule has 2 aliphatic carbocycles. The van der Waals surface area contributed by atoms with Gasteiger partial charge in [-0.1, -0.05) is 12.2 Å². The summed E-state index contributed by atoms with van der Waals surface area (Å²) in [6.07, 6.45) is 8.57. The van der Waals surface area contributed by atoms with Crippen molar-refractivity contribution < 1.29 is 4.79 Å². The first-order valence-corrected chi connectivity index (χ1v) is 6.14. The van der Waals surface area contributed by atoms with Gasteiger partial charge in [0.05, 0.1) is 0 Å². The van der Waals surface area contributed by atoms with Gasteiger partial charge in [0.15, 0.2) is 0 Å². The first-order chi connectivity index (χ1) is 7.79. The van der Waals surface area contributed by atoms with E-state index in [4.69, 9.17) is 0 Å². The van der Waals surface area contributed by atoms with Gasteiger partial charge >= 0.3 is 0 Å². The number of carbonyl (C=O) groups is 1. The third-order valence-corrected chi connectivity index (χ3v) is 3.61. The molecule has 1 saturated carbocycles. The highest BCUT2D eigenvalue weighted by Crippen LogP contribution is 2.44. The molecule has 0 heterocycles. The molecule has 0 radical (unpaired) electrons. The van der Waals surface area contributed by atoms with Crippen molar-refractivity contribution in [3.8, 4) is 11.8 Å². The lowest BCUT2D eigenvalue weighted by atomic mass is 9.90. The van der Waals surface area contributed by atoms with E-state index in [1.54, 1.807) is 0 Å².